The van der Waals surface area contributed by atoms with Crippen LogP contribution in [0.25, 0.3) is 0 Å². The summed E-state index contributed by atoms with van der Waals surface area (Å²) in [5, 5.41) is 2.89. The van der Waals surface area contributed by atoms with E-state index in [9.17, 15) is 9.59 Å². The van der Waals surface area contributed by atoms with Crippen molar-refractivity contribution in [1.82, 2.24) is 10.3 Å². The van der Waals surface area contributed by atoms with Gasteiger partial charge in [0.05, 0.1) is 5.92 Å². The lowest BCUT2D eigenvalue weighted by molar-refractivity contribution is -0.126. The molecule has 124 valence electrons. The number of nitrogens with zero attached hydrogens (tertiary/aromatic N) is 2. The van der Waals surface area contributed by atoms with Gasteiger partial charge in [0.25, 0.3) is 0 Å². The van der Waals surface area contributed by atoms with Gasteiger partial charge in [-0.25, -0.2) is 0 Å². The lowest BCUT2D eigenvalue weighted by Gasteiger charge is -2.17. The Morgan fingerprint density at radius 2 is 2.25 bits per heavy atom. The standard InChI is InChI=1S/C18H18BrN3O2/c1-12-4-5-15(8-16(12)19)22-11-14(7-17(22)23)18(24)21-10-13-3-2-6-20-9-13/h2-6,8-9,14H,7,10-11H2,1H3,(H,21,24). The van der Waals surface area contributed by atoms with E-state index in [4.69, 9.17) is 0 Å². The summed E-state index contributed by atoms with van der Waals surface area (Å²) in [4.78, 5) is 30.3. The van der Waals surface area contributed by atoms with Crippen LogP contribution in [-0.4, -0.2) is 23.3 Å². The summed E-state index contributed by atoms with van der Waals surface area (Å²) in [5.41, 5.74) is 2.87. The lowest BCUT2D eigenvalue weighted by Crippen LogP contribution is -2.32. The fourth-order valence-electron chi connectivity index (χ4n) is 2.72. The van der Waals surface area contributed by atoms with Gasteiger partial charge in [0, 0.05) is 42.1 Å². The molecule has 0 spiro atoms. The van der Waals surface area contributed by atoms with E-state index in [-0.39, 0.29) is 24.2 Å². The van der Waals surface area contributed by atoms with Crippen LogP contribution in [0.1, 0.15) is 17.5 Å². The monoisotopic (exact) mass is 387 g/mol. The molecule has 2 heterocycles. The quantitative estimate of drug-likeness (QED) is 0.876. The van der Waals surface area contributed by atoms with E-state index in [1.807, 2.05) is 37.3 Å². The third-order valence-corrected chi connectivity index (χ3v) is 5.01. The zero-order valence-electron chi connectivity index (χ0n) is 13.3. The molecule has 0 bridgehead atoms. The van der Waals surface area contributed by atoms with Crippen molar-refractivity contribution >= 4 is 33.4 Å². The van der Waals surface area contributed by atoms with E-state index in [0.717, 1.165) is 21.3 Å². The van der Waals surface area contributed by atoms with Gasteiger partial charge >= 0.3 is 0 Å². The maximum Gasteiger partial charge on any atom is 0.227 e. The Morgan fingerprint density at radius 1 is 1.42 bits per heavy atom. The normalized spacial score (nSPS) is 17.2. The number of hydrogen-bond donors (Lipinski definition) is 1. The number of anilines is 1. The van der Waals surface area contributed by atoms with E-state index in [1.165, 1.54) is 0 Å². The molecule has 1 aliphatic rings. The Bertz CT molecular complexity index is 764. The molecule has 1 aliphatic heterocycles. The van der Waals surface area contributed by atoms with Crippen molar-refractivity contribution in [2.75, 3.05) is 11.4 Å². The number of carbonyl (C=O) groups is 2. The molecule has 6 heteroatoms. The summed E-state index contributed by atoms with van der Waals surface area (Å²) in [7, 11) is 0. The summed E-state index contributed by atoms with van der Waals surface area (Å²) in [6.07, 6.45) is 3.65. The number of nitrogens with one attached hydrogen (secondary N) is 1. The van der Waals surface area contributed by atoms with Gasteiger partial charge in [-0.3, -0.25) is 14.6 Å². The minimum Gasteiger partial charge on any atom is -0.352 e. The highest BCUT2D eigenvalue weighted by Gasteiger charge is 2.35. The van der Waals surface area contributed by atoms with Crippen LogP contribution >= 0.6 is 15.9 Å². The van der Waals surface area contributed by atoms with Crippen LogP contribution in [0, 0.1) is 12.8 Å². The Hall–Kier alpha value is -2.21. The van der Waals surface area contributed by atoms with Gasteiger partial charge in [0.1, 0.15) is 0 Å². The van der Waals surface area contributed by atoms with Crippen LogP contribution < -0.4 is 10.2 Å². The molecule has 1 aromatic heterocycles. The van der Waals surface area contributed by atoms with E-state index >= 15 is 0 Å². The zero-order chi connectivity index (χ0) is 17.1. The molecule has 2 amide bonds. The fourth-order valence-corrected chi connectivity index (χ4v) is 3.09. The number of halogens is 1. The number of aryl methyl sites for hydroxylation is 1. The molecule has 0 aliphatic carbocycles. The number of hydrogen-bond acceptors (Lipinski definition) is 3. The molecular formula is C18H18BrN3O2. The Kier molecular flexibility index (Phi) is 4.94. The number of aromatic nitrogens is 1. The summed E-state index contributed by atoms with van der Waals surface area (Å²) in [5.74, 6) is -0.442. The van der Waals surface area contributed by atoms with Crippen molar-refractivity contribution in [2.45, 2.75) is 19.9 Å². The first kappa shape index (κ1) is 16.6. The molecule has 1 aromatic carbocycles. The van der Waals surface area contributed by atoms with Crippen LogP contribution in [0.2, 0.25) is 0 Å². The molecule has 3 rings (SSSR count). The van der Waals surface area contributed by atoms with Crippen molar-refractivity contribution in [3.05, 3.63) is 58.3 Å². The summed E-state index contributed by atoms with van der Waals surface area (Å²) in [6.45, 7) is 2.83. The highest BCUT2D eigenvalue weighted by Crippen LogP contribution is 2.29. The van der Waals surface area contributed by atoms with Crippen LogP contribution in [0.3, 0.4) is 0 Å². The Labute approximate surface area is 149 Å². The third kappa shape index (κ3) is 3.64. The molecule has 5 nitrogen and oxygen atoms in total. The van der Waals surface area contributed by atoms with E-state index in [2.05, 4.69) is 26.2 Å². The summed E-state index contributed by atoms with van der Waals surface area (Å²) >= 11 is 3.48. The molecule has 1 unspecified atom stereocenters. The molecule has 2 aromatic rings. The first-order valence-electron chi connectivity index (χ1n) is 7.77. The Morgan fingerprint density at radius 3 is 2.96 bits per heavy atom. The third-order valence-electron chi connectivity index (χ3n) is 4.15. The van der Waals surface area contributed by atoms with Crippen molar-refractivity contribution in [3.63, 3.8) is 0 Å². The molecule has 1 N–H and O–H groups in total. The van der Waals surface area contributed by atoms with Crippen LogP contribution in [0.4, 0.5) is 5.69 Å². The topological polar surface area (TPSA) is 62.3 Å². The molecule has 1 fully saturated rings. The molecule has 0 radical (unpaired) electrons. The highest BCUT2D eigenvalue weighted by atomic mass is 79.9. The molecule has 24 heavy (non-hydrogen) atoms. The average molecular weight is 388 g/mol. The van der Waals surface area contributed by atoms with E-state index < -0.39 is 0 Å². The smallest absolute Gasteiger partial charge is 0.227 e. The van der Waals surface area contributed by atoms with Crippen LogP contribution in [0.15, 0.2) is 47.2 Å². The highest BCUT2D eigenvalue weighted by molar-refractivity contribution is 9.10. The van der Waals surface area contributed by atoms with Gasteiger partial charge in [-0.05, 0) is 36.2 Å². The van der Waals surface area contributed by atoms with Gasteiger partial charge in [0.2, 0.25) is 11.8 Å². The second-order valence-electron chi connectivity index (χ2n) is 5.92. The number of pyridine rings is 1. The zero-order valence-corrected chi connectivity index (χ0v) is 14.9. The van der Waals surface area contributed by atoms with E-state index in [1.54, 1.807) is 17.3 Å². The number of carbonyl (C=O) groups excluding carboxylic acids is 2. The molecule has 1 saturated heterocycles. The van der Waals surface area contributed by atoms with Gasteiger partial charge in [-0.2, -0.15) is 0 Å². The predicted octanol–water partition coefficient (Wildman–Crippen LogP) is 2.82. The molecular weight excluding hydrogens is 370 g/mol. The van der Waals surface area contributed by atoms with Crippen LogP contribution in [-0.2, 0) is 16.1 Å². The van der Waals surface area contributed by atoms with Crippen molar-refractivity contribution in [3.8, 4) is 0 Å². The number of rotatable bonds is 4. The number of benzene rings is 1. The van der Waals surface area contributed by atoms with Crippen molar-refractivity contribution in [1.29, 1.82) is 0 Å². The lowest BCUT2D eigenvalue weighted by atomic mass is 10.1. The second-order valence-corrected chi connectivity index (χ2v) is 6.77. The maximum atomic E-state index is 12.3. The largest absolute Gasteiger partial charge is 0.352 e. The second kappa shape index (κ2) is 7.13. The molecule has 1 atom stereocenters. The SMILES string of the molecule is Cc1ccc(N2CC(C(=O)NCc3cccnc3)CC2=O)cc1Br. The fraction of sp³-hybridized carbons (Fsp3) is 0.278. The van der Waals surface area contributed by atoms with Gasteiger partial charge in [-0.1, -0.05) is 28.1 Å². The van der Waals surface area contributed by atoms with Gasteiger partial charge in [-0.15, -0.1) is 0 Å². The summed E-state index contributed by atoms with van der Waals surface area (Å²) < 4.78 is 0.956. The average Bonchev–Trinajstić information content (AvgIpc) is 2.98. The first-order valence-corrected chi connectivity index (χ1v) is 8.57. The van der Waals surface area contributed by atoms with Crippen LogP contribution in [0.5, 0.6) is 0 Å². The Balaban J connectivity index is 1.63. The maximum absolute atomic E-state index is 12.3. The van der Waals surface area contributed by atoms with Crippen molar-refractivity contribution in [2.24, 2.45) is 5.92 Å². The first-order chi connectivity index (χ1) is 11.5. The van der Waals surface area contributed by atoms with Gasteiger partial charge < -0.3 is 10.2 Å². The minimum atomic E-state index is -0.325. The minimum absolute atomic E-state index is 0.0210. The number of amides is 2. The molecule has 0 saturated carbocycles. The van der Waals surface area contributed by atoms with Crippen molar-refractivity contribution < 1.29 is 9.59 Å². The summed E-state index contributed by atoms with van der Waals surface area (Å²) in [6, 6.07) is 9.53. The van der Waals surface area contributed by atoms with E-state index in [0.29, 0.717) is 13.1 Å². The predicted molar refractivity (Wildman–Crippen MR) is 95.4 cm³/mol. The van der Waals surface area contributed by atoms with Gasteiger partial charge in [0.15, 0.2) is 0 Å².